The number of morpholine rings is 1. The Morgan fingerprint density at radius 1 is 1.07 bits per heavy atom. The van der Waals surface area contributed by atoms with Crippen LogP contribution >= 0.6 is 0 Å². The molecule has 1 N–H and O–H groups in total. The van der Waals surface area contributed by atoms with Crippen LogP contribution in [0, 0.1) is 13.8 Å². The first-order valence-electron chi connectivity index (χ1n) is 10.1. The normalized spacial score (nSPS) is 15.2. The van der Waals surface area contributed by atoms with Gasteiger partial charge in [-0.2, -0.15) is 0 Å². The zero-order valence-electron chi connectivity index (χ0n) is 16.8. The van der Waals surface area contributed by atoms with Crippen LogP contribution in [0.25, 0.3) is 11.0 Å². The number of nitrogens with zero attached hydrogens (tertiary/aromatic N) is 4. The summed E-state index contributed by atoms with van der Waals surface area (Å²) in [5.41, 5.74) is 4.78. The van der Waals surface area contributed by atoms with Gasteiger partial charge in [0.1, 0.15) is 17.8 Å². The predicted molar refractivity (Wildman–Crippen MR) is 113 cm³/mol. The second-order valence-electron chi connectivity index (χ2n) is 7.44. The second-order valence-corrected chi connectivity index (χ2v) is 7.44. The lowest BCUT2D eigenvalue weighted by Crippen LogP contribution is -2.37. The van der Waals surface area contributed by atoms with E-state index in [9.17, 15) is 0 Å². The number of aromatic nitrogens is 3. The van der Waals surface area contributed by atoms with E-state index in [1.54, 1.807) is 6.33 Å². The van der Waals surface area contributed by atoms with Crippen LogP contribution in [0.1, 0.15) is 23.2 Å². The molecule has 3 aromatic rings. The quantitative estimate of drug-likeness (QED) is 0.639. The van der Waals surface area contributed by atoms with Gasteiger partial charge in [-0.15, -0.1) is 0 Å². The molecule has 2 aromatic heterocycles. The number of hydrogen-bond donors (Lipinski definition) is 1. The predicted octanol–water partition coefficient (Wildman–Crippen LogP) is 3.23. The lowest BCUT2D eigenvalue weighted by molar-refractivity contribution is 0.0378. The fourth-order valence-corrected chi connectivity index (χ4v) is 3.90. The molecule has 148 valence electrons. The summed E-state index contributed by atoms with van der Waals surface area (Å²) in [6.07, 6.45) is 2.77. The Hall–Kier alpha value is -2.44. The largest absolute Gasteiger partial charge is 0.379 e. The summed E-state index contributed by atoms with van der Waals surface area (Å²) in [6.45, 7) is 11.0. The third kappa shape index (κ3) is 4.03. The molecule has 0 spiro atoms. The first-order valence-corrected chi connectivity index (χ1v) is 10.1. The minimum absolute atomic E-state index is 0.824. The highest BCUT2D eigenvalue weighted by Crippen LogP contribution is 2.29. The first-order chi connectivity index (χ1) is 13.7. The first kappa shape index (κ1) is 18.9. The fraction of sp³-hybridized carbons (Fsp3) is 0.455. The van der Waals surface area contributed by atoms with Crippen molar-refractivity contribution in [3.8, 4) is 0 Å². The summed E-state index contributed by atoms with van der Waals surface area (Å²) < 4.78 is 7.71. The van der Waals surface area contributed by atoms with Crippen molar-refractivity contribution in [3.05, 3.63) is 53.5 Å². The third-order valence-electron chi connectivity index (χ3n) is 5.64. The highest BCUT2D eigenvalue weighted by Gasteiger charge is 2.16. The average Bonchev–Trinajstić information content (AvgIpc) is 2.98. The summed E-state index contributed by atoms with van der Waals surface area (Å²) in [5.74, 6) is 0.944. The molecule has 0 radical (unpaired) electrons. The van der Waals surface area contributed by atoms with E-state index in [0.717, 1.165) is 69.2 Å². The molecule has 28 heavy (non-hydrogen) atoms. The molecular formula is C22H29N5O. The van der Waals surface area contributed by atoms with Crippen LogP contribution in [-0.2, 0) is 11.3 Å². The maximum absolute atomic E-state index is 5.42. The van der Waals surface area contributed by atoms with Gasteiger partial charge in [-0.25, -0.2) is 9.97 Å². The molecule has 1 aliphatic heterocycles. The van der Waals surface area contributed by atoms with Gasteiger partial charge in [-0.3, -0.25) is 4.90 Å². The van der Waals surface area contributed by atoms with Gasteiger partial charge >= 0.3 is 0 Å². The van der Waals surface area contributed by atoms with E-state index in [1.807, 2.05) is 0 Å². The van der Waals surface area contributed by atoms with Crippen molar-refractivity contribution in [2.24, 2.45) is 0 Å². The summed E-state index contributed by atoms with van der Waals surface area (Å²) in [4.78, 5) is 11.6. The van der Waals surface area contributed by atoms with E-state index in [4.69, 9.17) is 4.74 Å². The Bertz CT molecular complexity index is 916. The number of anilines is 1. The van der Waals surface area contributed by atoms with E-state index < -0.39 is 0 Å². The topological polar surface area (TPSA) is 55.2 Å². The highest BCUT2D eigenvalue weighted by atomic mass is 16.5. The molecule has 6 heteroatoms. The Labute approximate surface area is 166 Å². The van der Waals surface area contributed by atoms with Crippen molar-refractivity contribution in [2.75, 3.05) is 44.7 Å². The summed E-state index contributed by atoms with van der Waals surface area (Å²) in [7, 11) is 0. The minimum Gasteiger partial charge on any atom is -0.379 e. The van der Waals surface area contributed by atoms with Crippen molar-refractivity contribution in [1.82, 2.24) is 19.4 Å². The minimum atomic E-state index is 0.824. The molecule has 1 aliphatic rings. The van der Waals surface area contributed by atoms with Gasteiger partial charge in [0.15, 0.2) is 0 Å². The molecule has 0 aliphatic carbocycles. The molecule has 0 saturated carbocycles. The smallest absolute Gasteiger partial charge is 0.146 e. The average molecular weight is 380 g/mol. The lowest BCUT2D eigenvalue weighted by atomic mass is 10.2. The number of nitrogens with one attached hydrogen (secondary N) is 1. The summed E-state index contributed by atoms with van der Waals surface area (Å²) >= 11 is 0. The van der Waals surface area contributed by atoms with Crippen molar-refractivity contribution < 1.29 is 4.74 Å². The third-order valence-corrected chi connectivity index (χ3v) is 5.64. The Kier molecular flexibility index (Phi) is 5.88. The van der Waals surface area contributed by atoms with Gasteiger partial charge in [-0.05, 0) is 37.9 Å². The fourth-order valence-electron chi connectivity index (χ4n) is 3.90. The van der Waals surface area contributed by atoms with Crippen molar-refractivity contribution in [3.63, 3.8) is 0 Å². The number of rotatable bonds is 7. The molecule has 1 aromatic carbocycles. The Morgan fingerprint density at radius 2 is 1.86 bits per heavy atom. The number of benzene rings is 1. The van der Waals surface area contributed by atoms with Gasteiger partial charge in [0.2, 0.25) is 0 Å². The van der Waals surface area contributed by atoms with Crippen molar-refractivity contribution in [1.29, 1.82) is 0 Å². The van der Waals surface area contributed by atoms with Crippen LogP contribution in [0.15, 0.2) is 36.7 Å². The number of ether oxygens (including phenoxy) is 1. The SMILES string of the molecule is Cc1c(C)n(Cc2ccccc2)c2ncnc(NCCCN3CCOCC3)c12. The molecule has 0 amide bonds. The molecule has 0 bridgehead atoms. The number of hydrogen-bond acceptors (Lipinski definition) is 5. The summed E-state index contributed by atoms with van der Waals surface area (Å²) in [6, 6.07) is 10.5. The lowest BCUT2D eigenvalue weighted by Gasteiger charge is -2.26. The van der Waals surface area contributed by atoms with Gasteiger partial charge < -0.3 is 14.6 Å². The molecule has 4 rings (SSSR count). The molecule has 0 atom stereocenters. The molecular weight excluding hydrogens is 350 g/mol. The van der Waals surface area contributed by atoms with Gasteiger partial charge in [0, 0.05) is 31.9 Å². The van der Waals surface area contributed by atoms with E-state index in [-0.39, 0.29) is 0 Å². The van der Waals surface area contributed by atoms with Crippen LogP contribution in [0.3, 0.4) is 0 Å². The number of aryl methyl sites for hydroxylation is 1. The van der Waals surface area contributed by atoms with E-state index >= 15 is 0 Å². The molecule has 0 unspecified atom stereocenters. The molecule has 1 fully saturated rings. The van der Waals surface area contributed by atoms with Crippen molar-refractivity contribution in [2.45, 2.75) is 26.8 Å². The van der Waals surface area contributed by atoms with Crippen LogP contribution in [-0.4, -0.2) is 58.8 Å². The van der Waals surface area contributed by atoms with Crippen LogP contribution in [0.4, 0.5) is 5.82 Å². The maximum atomic E-state index is 5.42. The standard InChI is InChI=1S/C22H29N5O/c1-17-18(2)27(15-19-7-4-3-5-8-19)22-20(17)21(24-16-25-22)23-9-6-10-26-11-13-28-14-12-26/h3-5,7-8,16H,6,9-15H2,1-2H3,(H,23,24,25). The maximum Gasteiger partial charge on any atom is 0.146 e. The van der Waals surface area contributed by atoms with E-state index in [0.29, 0.717) is 0 Å². The van der Waals surface area contributed by atoms with Gasteiger partial charge in [0.05, 0.1) is 18.6 Å². The van der Waals surface area contributed by atoms with Gasteiger partial charge in [-0.1, -0.05) is 30.3 Å². The van der Waals surface area contributed by atoms with Crippen LogP contribution in [0.5, 0.6) is 0 Å². The molecule has 3 heterocycles. The van der Waals surface area contributed by atoms with Crippen LogP contribution < -0.4 is 5.32 Å². The van der Waals surface area contributed by atoms with E-state index in [1.165, 1.54) is 16.8 Å². The Balaban J connectivity index is 1.49. The van der Waals surface area contributed by atoms with Crippen molar-refractivity contribution >= 4 is 16.9 Å². The zero-order valence-corrected chi connectivity index (χ0v) is 16.8. The summed E-state index contributed by atoms with van der Waals surface area (Å²) in [5, 5.41) is 4.69. The van der Waals surface area contributed by atoms with Crippen LogP contribution in [0.2, 0.25) is 0 Å². The highest BCUT2D eigenvalue weighted by molar-refractivity contribution is 5.91. The monoisotopic (exact) mass is 379 g/mol. The zero-order chi connectivity index (χ0) is 19.3. The molecule has 1 saturated heterocycles. The second kappa shape index (κ2) is 8.71. The Morgan fingerprint density at radius 3 is 2.64 bits per heavy atom. The molecule has 6 nitrogen and oxygen atoms in total. The van der Waals surface area contributed by atoms with Gasteiger partial charge in [0.25, 0.3) is 0 Å². The van der Waals surface area contributed by atoms with E-state index in [2.05, 4.69) is 68.9 Å². The number of fused-ring (bicyclic) bond motifs is 1.